The highest BCUT2D eigenvalue weighted by molar-refractivity contribution is 5.84. The number of fused-ring (bicyclic) bond motifs is 1. The fraction of sp³-hybridized carbons (Fsp3) is 0.200. The molecule has 2 N–H and O–H groups in total. The smallest absolute Gasteiger partial charge is 0.165 e. The van der Waals surface area contributed by atoms with Crippen LogP contribution in [0.5, 0.6) is 0 Å². The number of benzene rings is 2. The second-order valence-corrected chi connectivity index (χ2v) is 10.6. The van der Waals surface area contributed by atoms with Crippen LogP contribution in [-0.2, 0) is 6.54 Å². The number of pyridine rings is 2. The summed E-state index contributed by atoms with van der Waals surface area (Å²) in [5.74, 6) is 1.46. The standard InChI is InChI=1S/C33H27FN10.C2H6/c34-24-4-1-3-23(17-24)28-10-11-29-33(40-28)44(32(41-29)27-5-2-12-37-31(27)36)26-8-6-22(7-9-26)20-42-13-15-43(16-14-42)30-18-25(19-35)38-21-39-30;1-2/h1-12,17-18,21H,13-16,20H2,(H2,36,37);1-2H3. The van der Waals surface area contributed by atoms with E-state index in [0.717, 1.165) is 44.2 Å². The van der Waals surface area contributed by atoms with Crippen LogP contribution in [0.4, 0.5) is 16.0 Å². The fourth-order valence-electron chi connectivity index (χ4n) is 5.52. The van der Waals surface area contributed by atoms with Crippen molar-refractivity contribution in [3.05, 3.63) is 108 Å². The van der Waals surface area contributed by atoms with E-state index in [-0.39, 0.29) is 5.82 Å². The highest BCUT2D eigenvalue weighted by Gasteiger charge is 2.21. The van der Waals surface area contributed by atoms with Crippen molar-refractivity contribution >= 4 is 22.8 Å². The molecule has 2 aromatic carbocycles. The van der Waals surface area contributed by atoms with E-state index in [2.05, 4.69) is 55.1 Å². The molecular formula is C35H33FN10. The largest absolute Gasteiger partial charge is 0.383 e. The summed E-state index contributed by atoms with van der Waals surface area (Å²) < 4.78 is 16.0. The molecule has 6 aromatic rings. The van der Waals surface area contributed by atoms with Crippen molar-refractivity contribution < 1.29 is 4.39 Å². The zero-order chi connectivity index (χ0) is 32.0. The number of rotatable bonds is 6. The van der Waals surface area contributed by atoms with E-state index in [9.17, 15) is 4.39 Å². The van der Waals surface area contributed by atoms with E-state index in [1.807, 2.05) is 48.7 Å². The Morgan fingerprint density at radius 2 is 1.67 bits per heavy atom. The third-order valence-electron chi connectivity index (χ3n) is 7.77. The normalized spacial score (nSPS) is 13.2. The van der Waals surface area contributed by atoms with E-state index in [0.29, 0.717) is 45.3 Å². The van der Waals surface area contributed by atoms with Crippen LogP contribution < -0.4 is 10.6 Å². The van der Waals surface area contributed by atoms with Crippen LogP contribution in [0.15, 0.2) is 91.4 Å². The summed E-state index contributed by atoms with van der Waals surface area (Å²) in [6.07, 6.45) is 3.09. The van der Waals surface area contributed by atoms with Crippen molar-refractivity contribution in [3.8, 4) is 34.4 Å². The van der Waals surface area contributed by atoms with E-state index < -0.39 is 0 Å². The summed E-state index contributed by atoms with van der Waals surface area (Å²) in [6, 6.07) is 26.0. The topological polar surface area (TPSA) is 126 Å². The molecule has 7 rings (SSSR count). The predicted molar refractivity (Wildman–Crippen MR) is 177 cm³/mol. The second-order valence-electron chi connectivity index (χ2n) is 10.6. The molecule has 5 heterocycles. The highest BCUT2D eigenvalue weighted by Crippen LogP contribution is 2.32. The van der Waals surface area contributed by atoms with Crippen molar-refractivity contribution in [2.75, 3.05) is 36.8 Å². The molecule has 46 heavy (non-hydrogen) atoms. The number of nitrogens with two attached hydrogens (primary N) is 1. The maximum atomic E-state index is 14.0. The third-order valence-corrected chi connectivity index (χ3v) is 7.77. The Balaban J connectivity index is 0.00000182. The van der Waals surface area contributed by atoms with Crippen LogP contribution >= 0.6 is 0 Å². The summed E-state index contributed by atoms with van der Waals surface area (Å²) in [5.41, 5.74) is 12.1. The van der Waals surface area contributed by atoms with Gasteiger partial charge in [-0.25, -0.2) is 29.3 Å². The predicted octanol–water partition coefficient (Wildman–Crippen LogP) is 5.88. The number of nitrogen functional groups attached to an aromatic ring is 1. The van der Waals surface area contributed by atoms with E-state index in [1.54, 1.807) is 18.3 Å². The molecule has 0 amide bonds. The van der Waals surface area contributed by atoms with Crippen molar-refractivity contribution in [2.45, 2.75) is 20.4 Å². The van der Waals surface area contributed by atoms with Crippen LogP contribution in [0.1, 0.15) is 25.1 Å². The summed E-state index contributed by atoms with van der Waals surface area (Å²) in [6.45, 7) is 8.18. The van der Waals surface area contributed by atoms with Crippen LogP contribution in [0.3, 0.4) is 0 Å². The molecule has 11 heteroatoms. The number of hydrogen-bond donors (Lipinski definition) is 1. The Labute approximate surface area is 266 Å². The minimum atomic E-state index is -0.319. The third kappa shape index (κ3) is 6.24. The quantitative estimate of drug-likeness (QED) is 0.245. The lowest BCUT2D eigenvalue weighted by atomic mass is 10.1. The number of hydrogen-bond acceptors (Lipinski definition) is 9. The van der Waals surface area contributed by atoms with Crippen LogP contribution in [0, 0.1) is 17.1 Å². The zero-order valence-electron chi connectivity index (χ0n) is 25.7. The molecule has 10 nitrogen and oxygen atoms in total. The molecule has 0 atom stereocenters. The van der Waals surface area contributed by atoms with E-state index >= 15 is 0 Å². The number of halogens is 1. The molecule has 0 radical (unpaired) electrons. The minimum Gasteiger partial charge on any atom is -0.383 e. The Kier molecular flexibility index (Phi) is 8.89. The Morgan fingerprint density at radius 3 is 2.41 bits per heavy atom. The van der Waals surface area contributed by atoms with Crippen molar-refractivity contribution in [3.63, 3.8) is 0 Å². The van der Waals surface area contributed by atoms with Crippen molar-refractivity contribution in [1.82, 2.24) is 34.4 Å². The van der Waals surface area contributed by atoms with Gasteiger partial charge >= 0.3 is 0 Å². The summed E-state index contributed by atoms with van der Waals surface area (Å²) in [7, 11) is 0. The summed E-state index contributed by atoms with van der Waals surface area (Å²) in [4.78, 5) is 27.0. The Morgan fingerprint density at radius 1 is 0.870 bits per heavy atom. The first-order chi connectivity index (χ1) is 22.6. The minimum absolute atomic E-state index is 0.319. The van der Waals surface area contributed by atoms with Gasteiger partial charge in [-0.1, -0.05) is 38.1 Å². The first kappa shape index (κ1) is 30.3. The molecule has 4 aromatic heterocycles. The maximum absolute atomic E-state index is 14.0. The van der Waals surface area contributed by atoms with Crippen molar-refractivity contribution in [2.24, 2.45) is 0 Å². The number of aromatic nitrogens is 6. The fourth-order valence-corrected chi connectivity index (χ4v) is 5.52. The number of anilines is 2. The zero-order valence-corrected chi connectivity index (χ0v) is 25.7. The van der Waals surface area contributed by atoms with Gasteiger partial charge in [0.05, 0.1) is 11.3 Å². The molecule has 230 valence electrons. The first-order valence-corrected chi connectivity index (χ1v) is 15.2. The monoisotopic (exact) mass is 612 g/mol. The van der Waals surface area contributed by atoms with Gasteiger partial charge in [-0.2, -0.15) is 5.26 Å². The second kappa shape index (κ2) is 13.5. The number of nitrogens with zero attached hydrogens (tertiary/aromatic N) is 9. The molecular weight excluding hydrogens is 579 g/mol. The molecule has 0 bridgehead atoms. The lowest BCUT2D eigenvalue weighted by Gasteiger charge is -2.35. The van der Waals surface area contributed by atoms with Gasteiger partial charge in [-0.15, -0.1) is 0 Å². The number of imidazole rings is 1. The summed E-state index contributed by atoms with van der Waals surface area (Å²) in [5, 5.41) is 9.16. The summed E-state index contributed by atoms with van der Waals surface area (Å²) >= 11 is 0. The Hall–Kier alpha value is -5.73. The average Bonchev–Trinajstić information content (AvgIpc) is 3.48. The molecule has 0 unspecified atom stereocenters. The van der Waals surface area contributed by atoms with Gasteiger partial charge < -0.3 is 10.6 Å². The number of nitriles is 1. The molecule has 1 aliphatic heterocycles. The van der Waals surface area contributed by atoms with Gasteiger partial charge in [0.2, 0.25) is 0 Å². The lowest BCUT2D eigenvalue weighted by Crippen LogP contribution is -2.46. The SMILES string of the molecule is CC.N#Cc1cc(N2CCN(Cc3ccc(-n4c(-c5cccnc5N)nc5ccc(-c6cccc(F)c6)nc54)cc3)CC2)ncn1. The van der Waals surface area contributed by atoms with Gasteiger partial charge in [0.15, 0.2) is 11.5 Å². The molecule has 1 aliphatic rings. The van der Waals surface area contributed by atoms with E-state index in [4.69, 9.17) is 21.0 Å². The van der Waals surface area contributed by atoms with E-state index in [1.165, 1.54) is 24.0 Å². The maximum Gasteiger partial charge on any atom is 0.165 e. The van der Waals surface area contributed by atoms with Gasteiger partial charge in [0, 0.05) is 56.2 Å². The Bertz CT molecular complexity index is 2010. The van der Waals surface area contributed by atoms with Crippen LogP contribution in [0.2, 0.25) is 0 Å². The van der Waals surface area contributed by atoms with Crippen molar-refractivity contribution in [1.29, 1.82) is 5.26 Å². The molecule has 0 aliphatic carbocycles. The highest BCUT2D eigenvalue weighted by atomic mass is 19.1. The molecule has 1 fully saturated rings. The number of piperazine rings is 1. The van der Waals surface area contributed by atoms with Gasteiger partial charge in [-0.05, 0) is 54.1 Å². The van der Waals surface area contributed by atoms with Gasteiger partial charge in [0.1, 0.15) is 41.1 Å². The molecule has 0 spiro atoms. The molecule has 0 saturated carbocycles. The lowest BCUT2D eigenvalue weighted by molar-refractivity contribution is 0.249. The average molecular weight is 613 g/mol. The van der Waals surface area contributed by atoms with Gasteiger partial charge in [0.25, 0.3) is 0 Å². The first-order valence-electron chi connectivity index (χ1n) is 15.2. The van der Waals surface area contributed by atoms with Crippen LogP contribution in [0.25, 0.3) is 39.5 Å². The molecule has 1 saturated heterocycles. The van der Waals surface area contributed by atoms with Crippen LogP contribution in [-0.4, -0.2) is 60.6 Å². The van der Waals surface area contributed by atoms with Gasteiger partial charge in [-0.3, -0.25) is 9.47 Å².